The lowest BCUT2D eigenvalue weighted by Gasteiger charge is -2.27. The van der Waals surface area contributed by atoms with Gasteiger partial charge in [-0.1, -0.05) is 18.2 Å². The van der Waals surface area contributed by atoms with Crippen molar-refractivity contribution in [3.05, 3.63) is 42.7 Å². The minimum absolute atomic E-state index is 0.0580. The Morgan fingerprint density at radius 2 is 1.93 bits per heavy atom. The fourth-order valence-electron chi connectivity index (χ4n) is 1.48. The van der Waals surface area contributed by atoms with E-state index < -0.39 is 0 Å². The van der Waals surface area contributed by atoms with E-state index in [4.69, 9.17) is 0 Å². The third-order valence-corrected chi connectivity index (χ3v) is 2.90. The second-order valence-electron chi connectivity index (χ2n) is 3.05. The summed E-state index contributed by atoms with van der Waals surface area (Å²) in [7, 11) is 0. The number of hydrogen-bond acceptors (Lipinski definition) is 3. The van der Waals surface area contributed by atoms with Gasteiger partial charge in [-0.2, -0.15) is 0 Å². The average Bonchev–Trinajstić information content (AvgIpc) is 2.61. The van der Waals surface area contributed by atoms with Gasteiger partial charge in [0.1, 0.15) is 6.17 Å². The fraction of sp³-hybridized carbons (Fsp3) is 0.200. The molecule has 1 aliphatic heterocycles. The van der Waals surface area contributed by atoms with Crippen molar-refractivity contribution in [3.8, 4) is 0 Å². The largest absolute Gasteiger partial charge is 0.392 e. The highest BCUT2D eigenvalue weighted by molar-refractivity contribution is 9.07. The number of nitrogens with zero attached hydrogens (tertiary/aromatic N) is 2. The molecule has 0 fully saturated rings. The number of anilines is 1. The van der Waals surface area contributed by atoms with Crippen molar-refractivity contribution in [2.45, 2.75) is 6.17 Å². The predicted octanol–water partition coefficient (Wildman–Crippen LogP) is 1.91. The Bertz CT molecular complexity index is 328. The summed E-state index contributed by atoms with van der Waals surface area (Å²) in [6, 6.07) is 9.96. The number of hydrogen-bond donors (Lipinski definition) is 1. The van der Waals surface area contributed by atoms with Crippen LogP contribution >= 0.6 is 16.1 Å². The average molecular weight is 255 g/mol. The van der Waals surface area contributed by atoms with Gasteiger partial charge in [-0.3, -0.25) is 3.93 Å². The van der Waals surface area contributed by atoms with Crippen LogP contribution < -0.4 is 4.90 Å². The molecule has 0 saturated heterocycles. The molecule has 1 aromatic rings. The van der Waals surface area contributed by atoms with Gasteiger partial charge in [-0.25, -0.2) is 0 Å². The summed E-state index contributed by atoms with van der Waals surface area (Å²) in [6.07, 6.45) is 3.76. The molecule has 1 N–H and O–H groups in total. The number of aliphatic hydroxyl groups is 1. The first-order chi connectivity index (χ1) is 6.83. The van der Waals surface area contributed by atoms with E-state index in [-0.39, 0.29) is 12.8 Å². The van der Waals surface area contributed by atoms with Gasteiger partial charge in [-0.05, 0) is 12.1 Å². The Labute approximate surface area is 91.6 Å². The number of benzene rings is 1. The maximum Gasteiger partial charge on any atom is 0.139 e. The summed E-state index contributed by atoms with van der Waals surface area (Å²) in [4.78, 5) is 2.01. The Morgan fingerprint density at radius 3 is 2.57 bits per heavy atom. The molecular weight excluding hydrogens is 244 g/mol. The maximum absolute atomic E-state index is 9.21. The number of halogens is 1. The van der Waals surface area contributed by atoms with Gasteiger partial charge in [0.25, 0.3) is 0 Å². The van der Waals surface area contributed by atoms with Crippen LogP contribution in [-0.4, -0.2) is 21.8 Å². The Kier molecular flexibility index (Phi) is 2.74. The first kappa shape index (κ1) is 9.55. The lowest BCUT2D eigenvalue weighted by Crippen LogP contribution is -2.37. The van der Waals surface area contributed by atoms with Gasteiger partial charge >= 0.3 is 0 Å². The van der Waals surface area contributed by atoms with E-state index in [1.54, 1.807) is 3.93 Å². The second-order valence-corrected chi connectivity index (χ2v) is 3.87. The van der Waals surface area contributed by atoms with Crippen LogP contribution in [0, 0.1) is 0 Å². The number of para-hydroxylation sites is 1. The number of rotatable bonds is 2. The Balaban J connectivity index is 2.24. The highest BCUT2D eigenvalue weighted by Crippen LogP contribution is 2.25. The van der Waals surface area contributed by atoms with Crippen molar-refractivity contribution in [2.75, 3.05) is 11.5 Å². The summed E-state index contributed by atoms with van der Waals surface area (Å²) < 4.78 is 1.81. The van der Waals surface area contributed by atoms with E-state index in [0.29, 0.717) is 0 Å². The van der Waals surface area contributed by atoms with Gasteiger partial charge in [0, 0.05) is 18.1 Å². The zero-order valence-electron chi connectivity index (χ0n) is 7.55. The Hall–Kier alpha value is -1.00. The van der Waals surface area contributed by atoms with Crippen LogP contribution in [0.25, 0.3) is 0 Å². The highest BCUT2D eigenvalue weighted by atomic mass is 79.9. The third-order valence-electron chi connectivity index (χ3n) is 2.19. The van der Waals surface area contributed by atoms with E-state index in [1.165, 1.54) is 0 Å². The number of aliphatic hydroxyl groups excluding tert-OH is 1. The van der Waals surface area contributed by atoms with E-state index in [2.05, 4.69) is 16.1 Å². The van der Waals surface area contributed by atoms with Gasteiger partial charge in [0.05, 0.1) is 22.8 Å². The third kappa shape index (κ3) is 1.63. The maximum atomic E-state index is 9.21. The topological polar surface area (TPSA) is 26.7 Å². The van der Waals surface area contributed by atoms with Crippen LogP contribution in [0.15, 0.2) is 42.7 Å². The Morgan fingerprint density at radius 1 is 1.21 bits per heavy atom. The molecular formula is C10H11BrN2O. The van der Waals surface area contributed by atoms with Gasteiger partial charge in [0.15, 0.2) is 0 Å². The zero-order chi connectivity index (χ0) is 9.97. The predicted molar refractivity (Wildman–Crippen MR) is 59.7 cm³/mol. The van der Waals surface area contributed by atoms with E-state index in [0.717, 1.165) is 5.69 Å². The standard InChI is InChI=1S/C10H11BrN2O/c11-13-7-6-12(10(13)8-14)9-4-2-1-3-5-9/h1-7,10,14H,8H2. The van der Waals surface area contributed by atoms with Crippen LogP contribution in [0.1, 0.15) is 0 Å². The minimum Gasteiger partial charge on any atom is -0.392 e. The van der Waals surface area contributed by atoms with Gasteiger partial charge in [0.2, 0.25) is 0 Å². The summed E-state index contributed by atoms with van der Waals surface area (Å²) in [6.45, 7) is 0.0765. The fourth-order valence-corrected chi connectivity index (χ4v) is 1.91. The second kappa shape index (κ2) is 4.02. The van der Waals surface area contributed by atoms with Crippen LogP contribution in [-0.2, 0) is 0 Å². The monoisotopic (exact) mass is 254 g/mol. The lowest BCUT2D eigenvalue weighted by molar-refractivity contribution is 0.232. The molecule has 0 spiro atoms. The molecule has 14 heavy (non-hydrogen) atoms. The van der Waals surface area contributed by atoms with Crippen LogP contribution in [0.2, 0.25) is 0 Å². The van der Waals surface area contributed by atoms with Crippen molar-refractivity contribution >= 4 is 21.8 Å². The molecule has 0 radical (unpaired) electrons. The summed E-state index contributed by atoms with van der Waals surface area (Å²) >= 11 is 3.35. The van der Waals surface area contributed by atoms with Gasteiger partial charge < -0.3 is 10.0 Å². The van der Waals surface area contributed by atoms with E-state index in [1.807, 2.05) is 47.6 Å². The lowest BCUT2D eigenvalue weighted by atomic mass is 10.3. The molecule has 4 heteroatoms. The summed E-state index contributed by atoms with van der Waals surface area (Å²) in [5.74, 6) is 0. The molecule has 1 aromatic carbocycles. The molecule has 2 rings (SSSR count). The highest BCUT2D eigenvalue weighted by Gasteiger charge is 2.24. The summed E-state index contributed by atoms with van der Waals surface area (Å²) in [5, 5.41) is 9.21. The summed E-state index contributed by atoms with van der Waals surface area (Å²) in [5.41, 5.74) is 1.07. The quantitative estimate of drug-likeness (QED) is 0.818. The molecule has 1 unspecified atom stereocenters. The molecule has 0 amide bonds. The minimum atomic E-state index is -0.0580. The van der Waals surface area contributed by atoms with Gasteiger partial charge in [-0.15, -0.1) is 0 Å². The normalized spacial score (nSPS) is 20.6. The molecule has 3 nitrogen and oxygen atoms in total. The van der Waals surface area contributed by atoms with E-state index >= 15 is 0 Å². The van der Waals surface area contributed by atoms with Crippen LogP contribution in [0.3, 0.4) is 0 Å². The van der Waals surface area contributed by atoms with Crippen molar-refractivity contribution in [3.63, 3.8) is 0 Å². The van der Waals surface area contributed by atoms with Crippen LogP contribution in [0.4, 0.5) is 5.69 Å². The smallest absolute Gasteiger partial charge is 0.139 e. The van der Waals surface area contributed by atoms with Crippen LogP contribution in [0.5, 0.6) is 0 Å². The van der Waals surface area contributed by atoms with Crippen molar-refractivity contribution < 1.29 is 5.11 Å². The molecule has 74 valence electrons. The first-order valence-electron chi connectivity index (χ1n) is 4.39. The zero-order valence-corrected chi connectivity index (χ0v) is 9.13. The molecule has 0 aliphatic carbocycles. The molecule has 1 heterocycles. The van der Waals surface area contributed by atoms with Crippen molar-refractivity contribution in [1.82, 2.24) is 3.93 Å². The SMILES string of the molecule is OCC1N(Br)C=CN1c1ccccc1. The molecule has 0 bridgehead atoms. The molecule has 1 atom stereocenters. The first-order valence-corrected chi connectivity index (χ1v) is 5.10. The molecule has 0 saturated carbocycles. The molecule has 0 aromatic heterocycles. The van der Waals surface area contributed by atoms with E-state index in [9.17, 15) is 5.11 Å². The van der Waals surface area contributed by atoms with Crippen molar-refractivity contribution in [2.24, 2.45) is 0 Å². The van der Waals surface area contributed by atoms with Crippen molar-refractivity contribution in [1.29, 1.82) is 0 Å². The molecule has 1 aliphatic rings.